The van der Waals surface area contributed by atoms with Gasteiger partial charge in [-0.2, -0.15) is 5.10 Å². The molecule has 0 unspecified atom stereocenters. The van der Waals surface area contributed by atoms with Gasteiger partial charge in [-0.15, -0.1) is 11.3 Å². The molecule has 6 nitrogen and oxygen atoms in total. The molecule has 1 amide bonds. The number of nitro benzene ring substituents is 1. The maximum atomic E-state index is 12.0. The zero-order valence-corrected chi connectivity index (χ0v) is 14.5. The number of non-ortho nitro benzene ring substituents is 1. The minimum atomic E-state index is -0.547. The van der Waals surface area contributed by atoms with Gasteiger partial charge in [0.15, 0.2) is 0 Å². The number of nitro groups is 1. The van der Waals surface area contributed by atoms with Crippen LogP contribution in [0.4, 0.5) is 5.69 Å². The van der Waals surface area contributed by atoms with Gasteiger partial charge >= 0.3 is 0 Å². The molecular formula is C16H10BrN3O3S. The summed E-state index contributed by atoms with van der Waals surface area (Å²) in [7, 11) is 0. The molecule has 1 aromatic heterocycles. The molecule has 3 aromatic rings. The van der Waals surface area contributed by atoms with Crippen LogP contribution in [0, 0.1) is 10.1 Å². The molecule has 3 rings (SSSR count). The number of benzene rings is 2. The molecule has 0 saturated carbocycles. The van der Waals surface area contributed by atoms with Crippen molar-refractivity contribution in [2.24, 2.45) is 5.10 Å². The number of amides is 1. The van der Waals surface area contributed by atoms with Crippen molar-refractivity contribution in [2.45, 2.75) is 0 Å². The maximum absolute atomic E-state index is 12.0. The molecule has 0 radical (unpaired) electrons. The largest absolute Gasteiger partial charge is 0.271 e. The number of halogens is 1. The van der Waals surface area contributed by atoms with Crippen LogP contribution in [0.25, 0.3) is 10.1 Å². The van der Waals surface area contributed by atoms with E-state index >= 15 is 0 Å². The van der Waals surface area contributed by atoms with Crippen molar-refractivity contribution < 1.29 is 9.72 Å². The normalized spacial score (nSPS) is 11.0. The van der Waals surface area contributed by atoms with E-state index in [2.05, 4.69) is 26.5 Å². The van der Waals surface area contributed by atoms with E-state index in [0.717, 1.165) is 19.4 Å². The highest BCUT2D eigenvalue weighted by atomic mass is 79.9. The van der Waals surface area contributed by atoms with E-state index in [-0.39, 0.29) is 11.3 Å². The Hall–Kier alpha value is -2.58. The highest BCUT2D eigenvalue weighted by molar-refractivity contribution is 9.11. The van der Waals surface area contributed by atoms with Crippen molar-refractivity contribution >= 4 is 55.2 Å². The first-order valence-electron chi connectivity index (χ1n) is 6.81. The van der Waals surface area contributed by atoms with Crippen LogP contribution in [0.15, 0.2) is 57.4 Å². The summed E-state index contributed by atoms with van der Waals surface area (Å²) in [5.41, 5.74) is 3.29. The Bertz CT molecular complexity index is 968. The third-order valence-corrected chi connectivity index (χ3v) is 5.16. The van der Waals surface area contributed by atoms with Crippen molar-refractivity contribution in [3.8, 4) is 0 Å². The van der Waals surface area contributed by atoms with Crippen molar-refractivity contribution in [1.82, 2.24) is 5.43 Å². The standard InChI is InChI=1S/C16H10BrN3O3S/c17-15-13(12-6-1-2-7-14(12)24-15)9-18-19-16(21)10-4-3-5-11(8-10)20(22)23/h1-9H,(H,19,21)/b18-9+. The predicted molar refractivity (Wildman–Crippen MR) is 97.7 cm³/mol. The fraction of sp³-hybridized carbons (Fsp3) is 0. The maximum Gasteiger partial charge on any atom is 0.271 e. The Morgan fingerprint density at radius 2 is 2.04 bits per heavy atom. The lowest BCUT2D eigenvalue weighted by Crippen LogP contribution is -2.17. The molecule has 1 N–H and O–H groups in total. The second kappa shape index (κ2) is 6.90. The van der Waals surface area contributed by atoms with Crippen LogP contribution in [0.3, 0.4) is 0 Å². The summed E-state index contributed by atoms with van der Waals surface area (Å²) in [5.74, 6) is -0.509. The van der Waals surface area contributed by atoms with E-state index in [4.69, 9.17) is 0 Å². The molecule has 0 aliphatic carbocycles. The van der Waals surface area contributed by atoms with Gasteiger partial charge in [0.25, 0.3) is 11.6 Å². The number of carbonyl (C=O) groups excluding carboxylic acids is 1. The first-order valence-corrected chi connectivity index (χ1v) is 8.42. The Morgan fingerprint density at radius 1 is 1.25 bits per heavy atom. The molecule has 8 heteroatoms. The number of rotatable bonds is 4. The SMILES string of the molecule is O=C(N/N=C/c1c(Br)sc2ccccc12)c1cccc([N+](=O)[O-])c1. The number of nitrogens with zero attached hydrogens (tertiary/aromatic N) is 2. The van der Waals surface area contributed by atoms with Crippen molar-refractivity contribution in [1.29, 1.82) is 0 Å². The Labute approximate surface area is 149 Å². The predicted octanol–water partition coefficient (Wildman–Crippen LogP) is 4.34. The molecule has 2 aromatic carbocycles. The topological polar surface area (TPSA) is 84.6 Å². The lowest BCUT2D eigenvalue weighted by Gasteiger charge is -1.99. The molecule has 24 heavy (non-hydrogen) atoms. The van der Waals surface area contributed by atoms with Gasteiger partial charge in [0.2, 0.25) is 0 Å². The summed E-state index contributed by atoms with van der Waals surface area (Å²) in [6, 6.07) is 13.4. The third-order valence-electron chi connectivity index (χ3n) is 3.27. The molecule has 0 fully saturated rings. The van der Waals surface area contributed by atoms with Crippen molar-refractivity contribution in [3.63, 3.8) is 0 Å². The van der Waals surface area contributed by atoms with Crippen molar-refractivity contribution in [3.05, 3.63) is 73.6 Å². The minimum absolute atomic E-state index is 0.141. The summed E-state index contributed by atoms with van der Waals surface area (Å²) in [6.45, 7) is 0. The van der Waals surface area contributed by atoms with E-state index in [1.165, 1.54) is 24.3 Å². The summed E-state index contributed by atoms with van der Waals surface area (Å²) in [5, 5.41) is 15.7. The van der Waals surface area contributed by atoms with Crippen LogP contribution in [-0.2, 0) is 0 Å². The molecule has 120 valence electrons. The molecule has 0 bridgehead atoms. The van der Waals surface area contributed by atoms with E-state index in [9.17, 15) is 14.9 Å². The van der Waals surface area contributed by atoms with Crippen LogP contribution in [-0.4, -0.2) is 17.0 Å². The number of thiophene rings is 1. The van der Waals surface area contributed by atoms with E-state index in [0.29, 0.717) is 0 Å². The van der Waals surface area contributed by atoms with Gasteiger partial charge < -0.3 is 0 Å². The molecule has 0 saturated heterocycles. The summed E-state index contributed by atoms with van der Waals surface area (Å²) in [4.78, 5) is 22.2. The number of hydrogen-bond acceptors (Lipinski definition) is 5. The number of hydrazone groups is 1. The van der Waals surface area contributed by atoms with Gasteiger partial charge in [-0.1, -0.05) is 24.3 Å². The van der Waals surface area contributed by atoms with Crippen molar-refractivity contribution in [2.75, 3.05) is 0 Å². The number of nitrogens with one attached hydrogen (secondary N) is 1. The van der Waals surface area contributed by atoms with E-state index < -0.39 is 10.8 Å². The van der Waals surface area contributed by atoms with Crippen LogP contribution in [0.1, 0.15) is 15.9 Å². The lowest BCUT2D eigenvalue weighted by atomic mass is 10.2. The zero-order chi connectivity index (χ0) is 17.1. The van der Waals surface area contributed by atoms with Gasteiger partial charge in [0.1, 0.15) is 0 Å². The third kappa shape index (κ3) is 3.34. The second-order valence-corrected chi connectivity index (χ2v) is 7.16. The fourth-order valence-electron chi connectivity index (χ4n) is 2.14. The van der Waals surface area contributed by atoms with Gasteiger partial charge in [0.05, 0.1) is 14.9 Å². The van der Waals surface area contributed by atoms with E-state index in [1.54, 1.807) is 17.6 Å². The highest BCUT2D eigenvalue weighted by Crippen LogP contribution is 2.33. The molecule has 0 spiro atoms. The average molecular weight is 404 g/mol. The molecule has 0 aliphatic heterocycles. The summed E-state index contributed by atoms with van der Waals surface area (Å²) in [6.07, 6.45) is 1.55. The first-order chi connectivity index (χ1) is 11.6. The van der Waals surface area contributed by atoms with Gasteiger partial charge in [0, 0.05) is 33.3 Å². The molecule has 0 aliphatic rings. The number of carbonyl (C=O) groups is 1. The quantitative estimate of drug-likeness (QED) is 0.399. The van der Waals surface area contributed by atoms with Gasteiger partial charge in [-0.25, -0.2) is 5.43 Å². The average Bonchev–Trinajstić information content (AvgIpc) is 2.90. The lowest BCUT2D eigenvalue weighted by molar-refractivity contribution is -0.384. The highest BCUT2D eigenvalue weighted by Gasteiger charge is 2.11. The first kappa shape index (κ1) is 16.3. The van der Waals surface area contributed by atoms with Crippen LogP contribution in [0.2, 0.25) is 0 Å². The summed E-state index contributed by atoms with van der Waals surface area (Å²) >= 11 is 5.06. The number of hydrogen-bond donors (Lipinski definition) is 1. The zero-order valence-electron chi connectivity index (χ0n) is 12.1. The summed E-state index contributed by atoms with van der Waals surface area (Å²) < 4.78 is 2.02. The van der Waals surface area contributed by atoms with E-state index in [1.807, 2.05) is 24.3 Å². The monoisotopic (exact) mass is 403 g/mol. The van der Waals surface area contributed by atoms with Crippen LogP contribution < -0.4 is 5.43 Å². The molecule has 0 atom stereocenters. The van der Waals surface area contributed by atoms with Gasteiger partial charge in [-0.3, -0.25) is 14.9 Å². The second-order valence-electron chi connectivity index (χ2n) is 4.79. The molecular weight excluding hydrogens is 394 g/mol. The smallest absolute Gasteiger partial charge is 0.267 e. The minimum Gasteiger partial charge on any atom is -0.267 e. The molecule has 1 heterocycles. The Morgan fingerprint density at radius 3 is 2.83 bits per heavy atom. The van der Waals surface area contributed by atoms with Crippen LogP contribution >= 0.6 is 27.3 Å². The fourth-order valence-corrected chi connectivity index (χ4v) is 3.88. The van der Waals surface area contributed by atoms with Crippen LogP contribution in [0.5, 0.6) is 0 Å². The van der Waals surface area contributed by atoms with Gasteiger partial charge in [-0.05, 0) is 28.1 Å². The Kier molecular flexibility index (Phi) is 4.68. The Balaban J connectivity index is 1.78. The number of fused-ring (bicyclic) bond motifs is 1.